The molecule has 0 bridgehead atoms. The normalized spacial score (nSPS) is 14.3. The third kappa shape index (κ3) is 3.27. The van der Waals surface area contributed by atoms with Crippen molar-refractivity contribution in [2.45, 2.75) is 33.1 Å². The number of pyridine rings is 1. The lowest BCUT2D eigenvalue weighted by atomic mass is 9.85. The van der Waals surface area contributed by atoms with Crippen molar-refractivity contribution in [3.05, 3.63) is 47.7 Å². The Labute approximate surface area is 131 Å². The van der Waals surface area contributed by atoms with E-state index in [1.807, 2.05) is 12.1 Å². The number of rotatable bonds is 4. The van der Waals surface area contributed by atoms with Gasteiger partial charge in [-0.3, -0.25) is 4.79 Å². The summed E-state index contributed by atoms with van der Waals surface area (Å²) >= 11 is 0. The standard InChI is InChI=1S/C18H21N3O/c1-12-6-7-15(10-13(12)2)20-16-8-9-17(19-11-16)21-18(22)14-4-3-5-14/h6-11,14,20H,3-5H2,1-2H3,(H,19,21,22). The third-order valence-electron chi connectivity index (χ3n) is 4.29. The Bertz CT molecular complexity index is 675. The van der Waals surface area contributed by atoms with Gasteiger partial charge in [0.05, 0.1) is 11.9 Å². The lowest BCUT2D eigenvalue weighted by Crippen LogP contribution is -2.28. The number of hydrogen-bond acceptors (Lipinski definition) is 3. The fourth-order valence-electron chi connectivity index (χ4n) is 2.43. The molecule has 1 aromatic carbocycles. The third-order valence-corrected chi connectivity index (χ3v) is 4.29. The van der Waals surface area contributed by atoms with Crippen molar-refractivity contribution in [1.82, 2.24) is 4.98 Å². The molecule has 1 aromatic heterocycles. The molecule has 4 nitrogen and oxygen atoms in total. The zero-order valence-corrected chi connectivity index (χ0v) is 13.0. The van der Waals surface area contributed by atoms with Crippen LogP contribution in [0.2, 0.25) is 0 Å². The fourth-order valence-corrected chi connectivity index (χ4v) is 2.43. The highest BCUT2D eigenvalue weighted by Gasteiger charge is 2.25. The van der Waals surface area contributed by atoms with E-state index in [2.05, 4.69) is 47.7 Å². The molecule has 4 heteroatoms. The molecule has 1 heterocycles. The molecule has 0 spiro atoms. The lowest BCUT2D eigenvalue weighted by Gasteiger charge is -2.23. The van der Waals surface area contributed by atoms with Crippen LogP contribution < -0.4 is 10.6 Å². The van der Waals surface area contributed by atoms with E-state index in [0.29, 0.717) is 5.82 Å². The summed E-state index contributed by atoms with van der Waals surface area (Å²) in [5.41, 5.74) is 4.47. The SMILES string of the molecule is Cc1ccc(Nc2ccc(NC(=O)C3CCC3)nc2)cc1C. The molecule has 114 valence electrons. The van der Waals surface area contributed by atoms with Crippen LogP contribution >= 0.6 is 0 Å². The lowest BCUT2D eigenvalue weighted by molar-refractivity contribution is -0.122. The van der Waals surface area contributed by atoms with Gasteiger partial charge in [0, 0.05) is 11.6 Å². The Morgan fingerprint density at radius 3 is 2.45 bits per heavy atom. The summed E-state index contributed by atoms with van der Waals surface area (Å²) in [6, 6.07) is 10.0. The first-order chi connectivity index (χ1) is 10.6. The number of nitrogens with zero attached hydrogens (tertiary/aromatic N) is 1. The van der Waals surface area contributed by atoms with Crippen LogP contribution in [0.4, 0.5) is 17.2 Å². The van der Waals surface area contributed by atoms with Crippen LogP contribution in [0.25, 0.3) is 0 Å². The largest absolute Gasteiger partial charge is 0.354 e. The van der Waals surface area contributed by atoms with Crippen LogP contribution in [0.3, 0.4) is 0 Å². The van der Waals surface area contributed by atoms with Gasteiger partial charge in [0.15, 0.2) is 0 Å². The highest BCUT2D eigenvalue weighted by molar-refractivity contribution is 5.92. The Morgan fingerprint density at radius 2 is 1.86 bits per heavy atom. The Balaban J connectivity index is 1.63. The molecule has 22 heavy (non-hydrogen) atoms. The first-order valence-corrected chi connectivity index (χ1v) is 7.73. The molecule has 3 rings (SSSR count). The summed E-state index contributed by atoms with van der Waals surface area (Å²) < 4.78 is 0. The van der Waals surface area contributed by atoms with Crippen LogP contribution in [-0.2, 0) is 4.79 Å². The summed E-state index contributed by atoms with van der Waals surface area (Å²) in [6.45, 7) is 4.19. The summed E-state index contributed by atoms with van der Waals surface area (Å²) in [5, 5.41) is 6.20. The van der Waals surface area contributed by atoms with Crippen molar-refractivity contribution in [1.29, 1.82) is 0 Å². The van der Waals surface area contributed by atoms with Crippen molar-refractivity contribution in [2.24, 2.45) is 5.92 Å². The van der Waals surface area contributed by atoms with E-state index in [1.54, 1.807) is 6.20 Å². The molecule has 1 aliphatic rings. The van der Waals surface area contributed by atoms with Crippen molar-refractivity contribution >= 4 is 23.1 Å². The van der Waals surface area contributed by atoms with Crippen LogP contribution in [-0.4, -0.2) is 10.9 Å². The second-order valence-corrected chi connectivity index (χ2v) is 5.97. The maximum atomic E-state index is 11.9. The summed E-state index contributed by atoms with van der Waals surface area (Å²) in [4.78, 5) is 16.2. The number of aromatic nitrogens is 1. The molecule has 0 saturated heterocycles. The van der Waals surface area contributed by atoms with Gasteiger partial charge in [0.2, 0.25) is 5.91 Å². The average molecular weight is 295 g/mol. The van der Waals surface area contributed by atoms with E-state index in [0.717, 1.165) is 30.6 Å². The number of benzene rings is 1. The molecule has 1 amide bonds. The van der Waals surface area contributed by atoms with Gasteiger partial charge in [-0.25, -0.2) is 4.98 Å². The molecule has 0 atom stereocenters. The van der Waals surface area contributed by atoms with Crippen LogP contribution in [0.1, 0.15) is 30.4 Å². The molecule has 0 aliphatic heterocycles. The van der Waals surface area contributed by atoms with Gasteiger partial charge in [-0.15, -0.1) is 0 Å². The maximum Gasteiger partial charge on any atom is 0.228 e. The Kier molecular flexibility index (Phi) is 4.09. The first kappa shape index (κ1) is 14.6. The molecule has 1 fully saturated rings. The van der Waals surface area contributed by atoms with Gasteiger partial charge >= 0.3 is 0 Å². The van der Waals surface area contributed by atoms with E-state index in [-0.39, 0.29) is 11.8 Å². The topological polar surface area (TPSA) is 54.0 Å². The number of amides is 1. The Morgan fingerprint density at radius 1 is 1.09 bits per heavy atom. The van der Waals surface area contributed by atoms with Gasteiger partial charge < -0.3 is 10.6 Å². The highest BCUT2D eigenvalue weighted by Crippen LogP contribution is 2.27. The van der Waals surface area contributed by atoms with Crippen LogP contribution in [0.15, 0.2) is 36.5 Å². The first-order valence-electron chi connectivity index (χ1n) is 7.73. The summed E-state index contributed by atoms with van der Waals surface area (Å²) in [7, 11) is 0. The van der Waals surface area contributed by atoms with Gasteiger partial charge in [-0.1, -0.05) is 12.5 Å². The molecule has 1 aliphatic carbocycles. The second-order valence-electron chi connectivity index (χ2n) is 5.97. The summed E-state index contributed by atoms with van der Waals surface area (Å²) in [6.07, 6.45) is 4.90. The smallest absolute Gasteiger partial charge is 0.228 e. The van der Waals surface area contributed by atoms with Crippen LogP contribution in [0.5, 0.6) is 0 Å². The molecule has 0 radical (unpaired) electrons. The van der Waals surface area contributed by atoms with E-state index in [9.17, 15) is 4.79 Å². The number of carbonyl (C=O) groups excluding carboxylic acids is 1. The fraction of sp³-hybridized carbons (Fsp3) is 0.333. The van der Waals surface area contributed by atoms with E-state index < -0.39 is 0 Å². The number of aryl methyl sites for hydroxylation is 2. The van der Waals surface area contributed by atoms with Crippen molar-refractivity contribution in [2.75, 3.05) is 10.6 Å². The number of carbonyl (C=O) groups is 1. The molecular weight excluding hydrogens is 274 g/mol. The zero-order valence-electron chi connectivity index (χ0n) is 13.0. The van der Waals surface area contributed by atoms with Gasteiger partial charge in [-0.2, -0.15) is 0 Å². The minimum absolute atomic E-state index is 0.0913. The van der Waals surface area contributed by atoms with E-state index in [1.165, 1.54) is 11.1 Å². The number of anilines is 3. The minimum Gasteiger partial charge on any atom is -0.354 e. The molecule has 2 N–H and O–H groups in total. The van der Waals surface area contributed by atoms with Gasteiger partial charge in [0.1, 0.15) is 5.82 Å². The molecule has 1 saturated carbocycles. The van der Waals surface area contributed by atoms with E-state index in [4.69, 9.17) is 0 Å². The number of hydrogen-bond donors (Lipinski definition) is 2. The number of nitrogens with one attached hydrogen (secondary N) is 2. The predicted molar refractivity (Wildman–Crippen MR) is 89.4 cm³/mol. The van der Waals surface area contributed by atoms with Crippen molar-refractivity contribution in [3.8, 4) is 0 Å². The minimum atomic E-state index is 0.0913. The zero-order chi connectivity index (χ0) is 15.5. The maximum absolute atomic E-state index is 11.9. The van der Waals surface area contributed by atoms with E-state index >= 15 is 0 Å². The van der Waals surface area contributed by atoms with Crippen molar-refractivity contribution < 1.29 is 4.79 Å². The predicted octanol–water partition coefficient (Wildman–Crippen LogP) is 4.18. The summed E-state index contributed by atoms with van der Waals surface area (Å²) in [5.74, 6) is 0.881. The molecule has 2 aromatic rings. The quantitative estimate of drug-likeness (QED) is 0.889. The van der Waals surface area contributed by atoms with Crippen LogP contribution in [0, 0.1) is 19.8 Å². The van der Waals surface area contributed by atoms with Crippen molar-refractivity contribution in [3.63, 3.8) is 0 Å². The highest BCUT2D eigenvalue weighted by atomic mass is 16.2. The van der Waals surface area contributed by atoms with Gasteiger partial charge in [-0.05, 0) is 62.1 Å². The second kappa shape index (κ2) is 6.18. The van der Waals surface area contributed by atoms with Gasteiger partial charge in [0.25, 0.3) is 0 Å². The monoisotopic (exact) mass is 295 g/mol. The molecular formula is C18H21N3O. The Hall–Kier alpha value is -2.36. The average Bonchev–Trinajstić information content (AvgIpc) is 2.43. The molecule has 0 unspecified atom stereocenters.